The van der Waals surface area contributed by atoms with E-state index in [9.17, 15) is 26.7 Å². The number of rotatable bonds is 10. The molecule has 2 heterocycles. The Morgan fingerprint density at radius 2 is 1.95 bits per heavy atom. The summed E-state index contributed by atoms with van der Waals surface area (Å²) in [5.74, 6) is -1.24. The summed E-state index contributed by atoms with van der Waals surface area (Å²) in [6.07, 6.45) is -4.16. The molecule has 2 aliphatic rings. The third kappa shape index (κ3) is 6.17. The van der Waals surface area contributed by atoms with Gasteiger partial charge in [-0.3, -0.25) is 4.79 Å². The lowest BCUT2D eigenvalue weighted by Crippen LogP contribution is -2.28. The van der Waals surface area contributed by atoms with E-state index >= 15 is 0 Å². The highest BCUT2D eigenvalue weighted by molar-refractivity contribution is 6.00. The first-order chi connectivity index (χ1) is 19.4. The second kappa shape index (κ2) is 11.2. The van der Waals surface area contributed by atoms with Crippen LogP contribution < -0.4 is 15.8 Å². The number of carbonyl (C=O) groups excluding carboxylic acids is 1. The molecule has 7 nitrogen and oxygen atoms in total. The fourth-order valence-electron chi connectivity index (χ4n) is 6.27. The van der Waals surface area contributed by atoms with Gasteiger partial charge >= 0.3 is 6.18 Å². The number of anilines is 2. The Balaban J connectivity index is 1.32. The summed E-state index contributed by atoms with van der Waals surface area (Å²) >= 11 is 0. The number of hydrogen-bond donors (Lipinski definition) is 3. The molecule has 222 valence electrons. The van der Waals surface area contributed by atoms with Gasteiger partial charge in [-0.1, -0.05) is 12.1 Å². The molecule has 2 saturated carbocycles. The van der Waals surface area contributed by atoms with Crippen molar-refractivity contribution in [1.29, 1.82) is 0 Å². The van der Waals surface area contributed by atoms with Gasteiger partial charge in [0, 0.05) is 18.7 Å². The molecule has 1 atom stereocenters. The van der Waals surface area contributed by atoms with Crippen LogP contribution in [-0.4, -0.2) is 39.9 Å². The Labute approximate surface area is 234 Å². The number of aromatic amines is 1. The molecule has 0 bridgehead atoms. The molecule has 2 aliphatic carbocycles. The highest BCUT2D eigenvalue weighted by Crippen LogP contribution is 2.64. The lowest BCUT2D eigenvalue weighted by molar-refractivity contribution is -0.185. The van der Waals surface area contributed by atoms with Crippen molar-refractivity contribution in [2.24, 2.45) is 23.0 Å². The van der Waals surface area contributed by atoms with E-state index in [1.165, 1.54) is 6.07 Å². The average molecular weight is 580 g/mol. The molecule has 1 spiro atoms. The lowest BCUT2D eigenvalue weighted by atomic mass is 9.77. The van der Waals surface area contributed by atoms with Gasteiger partial charge < -0.3 is 20.8 Å². The molecular weight excluding hydrogens is 545 g/mol. The predicted octanol–water partition coefficient (Wildman–Crippen LogP) is 7.14. The summed E-state index contributed by atoms with van der Waals surface area (Å²) in [5, 5.41) is 3.24. The number of pyridine rings is 1. The topological polar surface area (TPSA) is 106 Å². The molecule has 2 aromatic heterocycles. The van der Waals surface area contributed by atoms with Crippen molar-refractivity contribution < 1.29 is 31.5 Å². The van der Waals surface area contributed by atoms with Gasteiger partial charge in [0.1, 0.15) is 0 Å². The third-order valence-electron chi connectivity index (χ3n) is 8.86. The van der Waals surface area contributed by atoms with Crippen molar-refractivity contribution in [2.45, 2.75) is 77.9 Å². The highest BCUT2D eigenvalue weighted by Gasteiger charge is 2.57. The van der Waals surface area contributed by atoms with Crippen molar-refractivity contribution >= 4 is 28.6 Å². The number of ether oxygens (including phenoxy) is 1. The summed E-state index contributed by atoms with van der Waals surface area (Å²) in [7, 11) is 0. The minimum Gasteiger partial charge on any atom is -0.471 e. The van der Waals surface area contributed by atoms with Crippen LogP contribution in [0.25, 0.3) is 11.2 Å². The van der Waals surface area contributed by atoms with E-state index in [1.54, 1.807) is 0 Å². The standard InChI is InChI=1S/C29H34F5N5O2/c1-15-3-4-17(13-35)16(2)24(15)37-27-36-21-11-20(26(38-25(21)39-27)41-14-23(30)31)22(40)6-5-19-12-28(19)9-7-18(8-10-28)29(32,33)34/h3-4,11,18-19,23H,5-10,12-14,35H2,1-2H3,(H2,36,37,38,39)/t18?,19-,28?/m1/s1. The number of alkyl halides is 5. The summed E-state index contributed by atoms with van der Waals surface area (Å²) in [6, 6.07) is 5.41. The van der Waals surface area contributed by atoms with Crippen LogP contribution in [0.3, 0.4) is 0 Å². The summed E-state index contributed by atoms with van der Waals surface area (Å²) in [6.45, 7) is 3.33. The first-order valence-corrected chi connectivity index (χ1v) is 13.9. The first kappa shape index (κ1) is 29.2. The molecular formula is C29H34F5N5O2. The number of imidazole rings is 1. The van der Waals surface area contributed by atoms with Crippen LogP contribution in [0, 0.1) is 31.1 Å². The number of halogens is 5. The number of aryl methyl sites for hydroxylation is 1. The number of H-pyrrole nitrogens is 1. The Morgan fingerprint density at radius 1 is 1.22 bits per heavy atom. The minimum atomic E-state index is -4.16. The molecule has 12 heteroatoms. The maximum absolute atomic E-state index is 13.3. The molecule has 0 amide bonds. The van der Waals surface area contributed by atoms with E-state index in [4.69, 9.17) is 10.5 Å². The second-order valence-electron chi connectivity index (χ2n) is 11.4. The maximum atomic E-state index is 13.3. The Hall–Kier alpha value is -3.28. The summed E-state index contributed by atoms with van der Waals surface area (Å²) in [5.41, 5.74) is 10.1. The van der Waals surface area contributed by atoms with Crippen molar-refractivity contribution in [3.8, 4) is 5.88 Å². The van der Waals surface area contributed by atoms with E-state index in [0.717, 1.165) is 28.8 Å². The Bertz CT molecular complexity index is 1430. The minimum absolute atomic E-state index is 0.0707. The van der Waals surface area contributed by atoms with Gasteiger partial charge in [-0.05, 0) is 86.5 Å². The Morgan fingerprint density at radius 3 is 2.61 bits per heavy atom. The second-order valence-corrected chi connectivity index (χ2v) is 11.4. The predicted molar refractivity (Wildman–Crippen MR) is 145 cm³/mol. The van der Waals surface area contributed by atoms with Gasteiger partial charge in [0.25, 0.3) is 6.43 Å². The average Bonchev–Trinajstić information content (AvgIpc) is 3.42. The van der Waals surface area contributed by atoms with Crippen LogP contribution in [0.5, 0.6) is 5.88 Å². The molecule has 0 saturated heterocycles. The van der Waals surface area contributed by atoms with Gasteiger partial charge in [-0.15, -0.1) is 0 Å². The number of nitrogens with one attached hydrogen (secondary N) is 2. The van der Waals surface area contributed by atoms with Crippen LogP contribution in [0.2, 0.25) is 0 Å². The largest absolute Gasteiger partial charge is 0.471 e. The van der Waals surface area contributed by atoms with Crippen LogP contribution >= 0.6 is 0 Å². The number of Topliss-reactive ketones (excluding diaryl/α,β-unsaturated/α-hetero) is 1. The fourth-order valence-corrected chi connectivity index (χ4v) is 6.27. The fraction of sp³-hybridized carbons (Fsp3) is 0.552. The number of nitrogens with two attached hydrogens (primary N) is 1. The summed E-state index contributed by atoms with van der Waals surface area (Å²) in [4.78, 5) is 25.1. The van der Waals surface area contributed by atoms with Crippen molar-refractivity contribution in [3.63, 3.8) is 0 Å². The number of carbonyl (C=O) groups is 1. The van der Waals surface area contributed by atoms with Crippen LogP contribution in [-0.2, 0) is 6.54 Å². The van der Waals surface area contributed by atoms with E-state index in [1.807, 2.05) is 26.0 Å². The molecule has 0 aliphatic heterocycles. The number of benzene rings is 1. The van der Waals surface area contributed by atoms with Gasteiger partial charge in [-0.2, -0.15) is 23.1 Å². The molecule has 1 aromatic carbocycles. The highest BCUT2D eigenvalue weighted by atomic mass is 19.4. The number of hydrogen-bond acceptors (Lipinski definition) is 6. The molecule has 4 N–H and O–H groups in total. The van der Waals surface area contributed by atoms with Crippen molar-refractivity contribution in [2.75, 3.05) is 11.9 Å². The Kier molecular flexibility index (Phi) is 7.97. The molecule has 5 rings (SSSR count). The maximum Gasteiger partial charge on any atom is 0.391 e. The van der Waals surface area contributed by atoms with Crippen LogP contribution in [0.15, 0.2) is 18.2 Å². The quantitative estimate of drug-likeness (QED) is 0.174. The van der Waals surface area contributed by atoms with E-state index < -0.39 is 25.1 Å². The number of ketones is 1. The first-order valence-electron chi connectivity index (χ1n) is 13.9. The number of aromatic nitrogens is 3. The van der Waals surface area contributed by atoms with Gasteiger partial charge in [0.05, 0.1) is 17.0 Å². The van der Waals surface area contributed by atoms with Crippen LogP contribution in [0.1, 0.15) is 72.0 Å². The molecule has 3 aromatic rings. The molecule has 0 unspecified atom stereocenters. The molecule has 41 heavy (non-hydrogen) atoms. The molecule has 0 radical (unpaired) electrons. The normalized spacial score (nSPS) is 22.5. The smallest absolute Gasteiger partial charge is 0.391 e. The SMILES string of the molecule is Cc1ccc(CN)c(C)c1Nc1nc2nc(OCC(F)F)c(C(=O)CC[C@@H]3CC34CCC(C(F)(F)F)CC4)cc2[nH]1. The monoisotopic (exact) mass is 579 g/mol. The van der Waals surface area contributed by atoms with E-state index in [0.29, 0.717) is 37.3 Å². The number of fused-ring (bicyclic) bond motifs is 1. The lowest BCUT2D eigenvalue weighted by Gasteiger charge is -2.30. The van der Waals surface area contributed by atoms with Crippen LogP contribution in [0.4, 0.5) is 33.6 Å². The zero-order valence-corrected chi connectivity index (χ0v) is 23.0. The zero-order chi connectivity index (χ0) is 29.5. The van der Waals surface area contributed by atoms with Gasteiger partial charge in [0.2, 0.25) is 11.8 Å². The van der Waals surface area contributed by atoms with Crippen molar-refractivity contribution in [3.05, 3.63) is 40.5 Å². The van der Waals surface area contributed by atoms with E-state index in [-0.39, 0.29) is 53.5 Å². The zero-order valence-electron chi connectivity index (χ0n) is 23.0. The molecule has 2 fully saturated rings. The van der Waals surface area contributed by atoms with Crippen molar-refractivity contribution in [1.82, 2.24) is 15.0 Å². The summed E-state index contributed by atoms with van der Waals surface area (Å²) < 4.78 is 70.4. The van der Waals surface area contributed by atoms with E-state index in [2.05, 4.69) is 20.3 Å². The van der Waals surface area contributed by atoms with Gasteiger partial charge in [0.15, 0.2) is 18.0 Å². The third-order valence-corrected chi connectivity index (χ3v) is 8.86. The van der Waals surface area contributed by atoms with Gasteiger partial charge in [-0.25, -0.2) is 8.78 Å². The number of nitrogens with zero attached hydrogens (tertiary/aromatic N) is 2.